The van der Waals surface area contributed by atoms with Crippen molar-refractivity contribution in [3.63, 3.8) is 0 Å². The molecule has 0 saturated carbocycles. The number of pyridine rings is 1. The number of likely N-dealkylation sites (tertiary alicyclic amines) is 1. The van der Waals surface area contributed by atoms with E-state index in [1.165, 1.54) is 5.56 Å². The van der Waals surface area contributed by atoms with Gasteiger partial charge < -0.3 is 20.1 Å². The summed E-state index contributed by atoms with van der Waals surface area (Å²) in [7, 11) is 3.36. The van der Waals surface area contributed by atoms with E-state index in [0.717, 1.165) is 61.5 Å². The largest absolute Gasteiger partial charge is 0.497 e. The maximum absolute atomic E-state index is 5.40. The lowest BCUT2D eigenvalue weighted by Gasteiger charge is -2.19. The second kappa shape index (κ2) is 10.3. The fourth-order valence-electron chi connectivity index (χ4n) is 3.97. The molecular weight excluding hydrogens is 406 g/mol. The SMILES string of the molecule is CCNC(=NCc1nnc2ccccn12)NC1CCN(Cc2cc(OC)cc(OC)c2)C1. The van der Waals surface area contributed by atoms with Crippen molar-refractivity contribution in [2.24, 2.45) is 4.99 Å². The summed E-state index contributed by atoms with van der Waals surface area (Å²) < 4.78 is 12.8. The first-order valence-electron chi connectivity index (χ1n) is 11.0. The molecule has 1 aromatic carbocycles. The molecule has 0 spiro atoms. The van der Waals surface area contributed by atoms with Gasteiger partial charge in [0.25, 0.3) is 0 Å². The lowest BCUT2D eigenvalue weighted by molar-refractivity contribution is 0.321. The van der Waals surface area contributed by atoms with Crippen LogP contribution in [0.4, 0.5) is 0 Å². The average Bonchev–Trinajstić information content (AvgIpc) is 3.44. The highest BCUT2D eigenvalue weighted by molar-refractivity contribution is 5.80. The van der Waals surface area contributed by atoms with E-state index in [0.29, 0.717) is 12.6 Å². The molecule has 0 aliphatic carbocycles. The zero-order chi connectivity index (χ0) is 22.3. The van der Waals surface area contributed by atoms with Gasteiger partial charge in [-0.3, -0.25) is 9.30 Å². The van der Waals surface area contributed by atoms with Crippen LogP contribution in [0.1, 0.15) is 24.7 Å². The number of methoxy groups -OCH3 is 2. The Hall–Kier alpha value is -3.33. The number of hydrogen-bond acceptors (Lipinski definition) is 6. The molecule has 9 nitrogen and oxygen atoms in total. The number of fused-ring (bicyclic) bond motifs is 1. The monoisotopic (exact) mass is 437 g/mol. The first-order valence-corrected chi connectivity index (χ1v) is 11.0. The third-order valence-electron chi connectivity index (χ3n) is 5.54. The molecule has 170 valence electrons. The van der Waals surface area contributed by atoms with Crippen molar-refractivity contribution in [1.29, 1.82) is 0 Å². The molecule has 4 rings (SSSR count). The molecule has 3 heterocycles. The van der Waals surface area contributed by atoms with Gasteiger partial charge >= 0.3 is 0 Å². The summed E-state index contributed by atoms with van der Waals surface area (Å²) in [4.78, 5) is 7.18. The van der Waals surface area contributed by atoms with Crippen molar-refractivity contribution >= 4 is 11.6 Å². The highest BCUT2D eigenvalue weighted by Gasteiger charge is 2.23. The van der Waals surface area contributed by atoms with Gasteiger partial charge in [0.05, 0.1) is 14.2 Å². The summed E-state index contributed by atoms with van der Waals surface area (Å²) in [5.74, 6) is 3.25. The summed E-state index contributed by atoms with van der Waals surface area (Å²) in [6.07, 6.45) is 3.02. The fraction of sp³-hybridized carbons (Fsp3) is 0.435. The van der Waals surface area contributed by atoms with E-state index in [4.69, 9.17) is 14.5 Å². The second-order valence-electron chi connectivity index (χ2n) is 7.83. The molecule has 9 heteroatoms. The van der Waals surface area contributed by atoms with Crippen LogP contribution < -0.4 is 20.1 Å². The predicted molar refractivity (Wildman–Crippen MR) is 124 cm³/mol. The van der Waals surface area contributed by atoms with Gasteiger partial charge in [0.2, 0.25) is 0 Å². The van der Waals surface area contributed by atoms with Crippen LogP contribution in [-0.4, -0.2) is 65.4 Å². The third kappa shape index (κ3) is 5.28. The topological polar surface area (TPSA) is 88.3 Å². The molecule has 1 fully saturated rings. The van der Waals surface area contributed by atoms with Crippen LogP contribution >= 0.6 is 0 Å². The van der Waals surface area contributed by atoms with E-state index < -0.39 is 0 Å². The zero-order valence-electron chi connectivity index (χ0n) is 18.9. The Balaban J connectivity index is 1.37. The number of aliphatic imine (C=N–C) groups is 1. The number of aromatic nitrogens is 3. The number of benzene rings is 1. The summed E-state index contributed by atoms with van der Waals surface area (Å²) in [5.41, 5.74) is 2.01. The van der Waals surface area contributed by atoms with Gasteiger partial charge in [0.15, 0.2) is 17.4 Å². The molecule has 3 aromatic rings. The summed E-state index contributed by atoms with van der Waals surface area (Å²) in [6.45, 7) is 6.14. The number of hydrogen-bond donors (Lipinski definition) is 2. The van der Waals surface area contributed by atoms with Crippen molar-refractivity contribution in [3.05, 3.63) is 54.0 Å². The van der Waals surface area contributed by atoms with E-state index in [2.05, 4.69) is 44.8 Å². The minimum absolute atomic E-state index is 0.329. The van der Waals surface area contributed by atoms with E-state index >= 15 is 0 Å². The minimum Gasteiger partial charge on any atom is -0.497 e. The summed E-state index contributed by atoms with van der Waals surface area (Å²) in [5, 5.41) is 15.4. The van der Waals surface area contributed by atoms with Gasteiger partial charge in [-0.25, -0.2) is 4.99 Å². The number of guanidine groups is 1. The number of rotatable bonds is 8. The number of ether oxygens (including phenoxy) is 2. The first kappa shape index (κ1) is 21.9. The van der Waals surface area contributed by atoms with Crippen LogP contribution in [0.3, 0.4) is 0 Å². The minimum atomic E-state index is 0.329. The first-order chi connectivity index (χ1) is 15.7. The van der Waals surface area contributed by atoms with Crippen LogP contribution in [0, 0.1) is 0 Å². The lowest BCUT2D eigenvalue weighted by Crippen LogP contribution is -2.44. The highest BCUT2D eigenvalue weighted by Crippen LogP contribution is 2.24. The van der Waals surface area contributed by atoms with Gasteiger partial charge in [-0.1, -0.05) is 6.07 Å². The Morgan fingerprint density at radius 2 is 1.97 bits per heavy atom. The van der Waals surface area contributed by atoms with Crippen molar-refractivity contribution in [2.45, 2.75) is 32.5 Å². The second-order valence-corrected chi connectivity index (χ2v) is 7.83. The highest BCUT2D eigenvalue weighted by atomic mass is 16.5. The summed E-state index contributed by atoms with van der Waals surface area (Å²) >= 11 is 0. The van der Waals surface area contributed by atoms with Gasteiger partial charge in [-0.15, -0.1) is 10.2 Å². The Bertz CT molecular complexity index is 1040. The van der Waals surface area contributed by atoms with Gasteiger partial charge in [-0.05, 0) is 43.2 Å². The molecule has 0 radical (unpaired) electrons. The van der Waals surface area contributed by atoms with Gasteiger partial charge in [-0.2, -0.15) is 0 Å². The van der Waals surface area contributed by atoms with E-state index in [1.54, 1.807) is 14.2 Å². The van der Waals surface area contributed by atoms with Crippen LogP contribution in [-0.2, 0) is 13.1 Å². The van der Waals surface area contributed by atoms with Crippen LogP contribution in [0.15, 0.2) is 47.6 Å². The van der Waals surface area contributed by atoms with Crippen molar-refractivity contribution < 1.29 is 9.47 Å². The zero-order valence-corrected chi connectivity index (χ0v) is 18.9. The smallest absolute Gasteiger partial charge is 0.191 e. The van der Waals surface area contributed by atoms with Crippen molar-refractivity contribution in [1.82, 2.24) is 30.1 Å². The van der Waals surface area contributed by atoms with Crippen LogP contribution in [0.25, 0.3) is 5.65 Å². The quantitative estimate of drug-likeness (QED) is 0.412. The van der Waals surface area contributed by atoms with E-state index in [1.807, 2.05) is 34.9 Å². The van der Waals surface area contributed by atoms with Crippen molar-refractivity contribution in [2.75, 3.05) is 33.9 Å². The fourth-order valence-corrected chi connectivity index (χ4v) is 3.97. The Labute approximate surface area is 188 Å². The third-order valence-corrected chi connectivity index (χ3v) is 5.54. The standard InChI is InChI=1S/C23H31N7O2/c1-4-24-23(25-14-22-28-27-21-7-5-6-9-30(21)22)26-18-8-10-29(16-18)15-17-11-19(31-2)13-20(12-17)32-3/h5-7,9,11-13,18H,4,8,10,14-16H2,1-3H3,(H2,24,25,26). The van der Waals surface area contributed by atoms with Crippen LogP contribution in [0.2, 0.25) is 0 Å². The van der Waals surface area contributed by atoms with Crippen LogP contribution in [0.5, 0.6) is 11.5 Å². The number of nitrogens with zero attached hydrogens (tertiary/aromatic N) is 5. The molecule has 1 unspecified atom stereocenters. The maximum Gasteiger partial charge on any atom is 0.191 e. The summed E-state index contributed by atoms with van der Waals surface area (Å²) in [6, 6.07) is 12.2. The van der Waals surface area contributed by atoms with E-state index in [9.17, 15) is 0 Å². The van der Waals surface area contributed by atoms with E-state index in [-0.39, 0.29) is 0 Å². The molecule has 0 bridgehead atoms. The molecule has 1 atom stereocenters. The molecule has 1 aliphatic heterocycles. The molecule has 2 N–H and O–H groups in total. The van der Waals surface area contributed by atoms with Gasteiger partial charge in [0, 0.05) is 44.5 Å². The molecule has 1 saturated heterocycles. The van der Waals surface area contributed by atoms with Crippen molar-refractivity contribution in [3.8, 4) is 11.5 Å². The molecule has 0 amide bonds. The molecular formula is C23H31N7O2. The predicted octanol–water partition coefficient (Wildman–Crippen LogP) is 2.08. The molecule has 32 heavy (non-hydrogen) atoms. The Morgan fingerprint density at radius 3 is 2.72 bits per heavy atom. The Morgan fingerprint density at radius 1 is 1.16 bits per heavy atom. The normalized spacial score (nSPS) is 17.0. The molecule has 2 aromatic heterocycles. The average molecular weight is 438 g/mol. The lowest BCUT2D eigenvalue weighted by atomic mass is 10.2. The maximum atomic E-state index is 5.40. The van der Waals surface area contributed by atoms with Gasteiger partial charge in [0.1, 0.15) is 18.0 Å². The Kier molecular flexibility index (Phi) is 7.06. The number of nitrogens with one attached hydrogen (secondary N) is 2. The molecule has 1 aliphatic rings.